The van der Waals surface area contributed by atoms with Crippen LogP contribution in [0.25, 0.3) is 5.57 Å². The molecule has 0 radical (unpaired) electrons. The quantitative estimate of drug-likeness (QED) is 0.741. The second-order valence-corrected chi connectivity index (χ2v) is 2.86. The maximum atomic E-state index is 4.98. The Kier molecular flexibility index (Phi) is 3.29. The van der Waals surface area contributed by atoms with Gasteiger partial charge in [0.05, 0.1) is 12.8 Å². The third-order valence-electron chi connectivity index (χ3n) is 1.46. The molecule has 1 aromatic rings. The van der Waals surface area contributed by atoms with Crippen LogP contribution < -0.4 is 4.74 Å². The van der Waals surface area contributed by atoms with Crippen LogP contribution in [0.15, 0.2) is 24.8 Å². The first-order valence-corrected chi connectivity index (χ1v) is 4.65. The summed E-state index contributed by atoms with van der Waals surface area (Å²) in [5, 5.41) is 0.729. The molecule has 3 heteroatoms. The highest BCUT2D eigenvalue weighted by Gasteiger charge is 1.99. The highest BCUT2D eigenvalue weighted by atomic mass is 79.9. The van der Waals surface area contributed by atoms with E-state index in [2.05, 4.69) is 27.5 Å². The van der Waals surface area contributed by atoms with E-state index in [0.29, 0.717) is 5.88 Å². The smallest absolute Gasteiger partial charge is 0.213 e. The van der Waals surface area contributed by atoms with Gasteiger partial charge in [0.15, 0.2) is 0 Å². The summed E-state index contributed by atoms with van der Waals surface area (Å²) in [7, 11) is 1.60. The molecule has 1 rings (SSSR count). The summed E-state index contributed by atoms with van der Waals surface area (Å²) in [6.45, 7) is 3.85. The normalized spacial score (nSPS) is 9.50. The van der Waals surface area contributed by atoms with E-state index in [1.54, 1.807) is 7.11 Å². The number of ether oxygens (including phenoxy) is 1. The van der Waals surface area contributed by atoms with Gasteiger partial charge in [-0.25, -0.2) is 4.98 Å². The second-order valence-electron chi connectivity index (χ2n) is 2.30. The summed E-state index contributed by atoms with van der Waals surface area (Å²) < 4.78 is 4.98. The van der Waals surface area contributed by atoms with Crippen molar-refractivity contribution in [2.45, 2.75) is 0 Å². The number of pyridine rings is 1. The van der Waals surface area contributed by atoms with Gasteiger partial charge in [0.25, 0.3) is 0 Å². The number of hydrogen-bond donors (Lipinski definition) is 0. The van der Waals surface area contributed by atoms with Gasteiger partial charge in [-0.15, -0.1) is 0 Å². The highest BCUT2D eigenvalue weighted by Crippen LogP contribution is 2.15. The summed E-state index contributed by atoms with van der Waals surface area (Å²) in [6, 6.07) is 5.62. The summed E-state index contributed by atoms with van der Waals surface area (Å²) in [6.07, 6.45) is 0. The zero-order valence-electron chi connectivity index (χ0n) is 6.88. The molecule has 0 amide bonds. The van der Waals surface area contributed by atoms with E-state index in [4.69, 9.17) is 4.74 Å². The fourth-order valence-corrected chi connectivity index (χ4v) is 1.08. The number of nitrogens with zero attached hydrogens (tertiary/aromatic N) is 1. The minimum Gasteiger partial charge on any atom is -0.481 e. The Hall–Kier alpha value is -0.830. The Bertz CT molecular complexity index is 286. The van der Waals surface area contributed by atoms with Crippen molar-refractivity contribution in [2.75, 3.05) is 12.4 Å². The molecule has 0 saturated heterocycles. The zero-order valence-corrected chi connectivity index (χ0v) is 8.47. The number of aromatic nitrogens is 1. The van der Waals surface area contributed by atoms with Crippen molar-refractivity contribution in [2.24, 2.45) is 0 Å². The molecule has 0 atom stereocenters. The molecule has 1 heterocycles. The number of allylic oxidation sites excluding steroid dienone is 1. The Morgan fingerprint density at radius 1 is 1.67 bits per heavy atom. The van der Waals surface area contributed by atoms with Crippen LogP contribution in [0.3, 0.4) is 0 Å². The third kappa shape index (κ3) is 2.08. The van der Waals surface area contributed by atoms with Gasteiger partial charge in [-0.1, -0.05) is 28.6 Å². The average Bonchev–Trinajstić information content (AvgIpc) is 2.17. The van der Waals surface area contributed by atoms with Crippen LogP contribution >= 0.6 is 15.9 Å². The number of alkyl halides is 1. The Labute approximate surface area is 80.4 Å². The molecule has 0 spiro atoms. The number of rotatable bonds is 3. The maximum absolute atomic E-state index is 4.98. The summed E-state index contributed by atoms with van der Waals surface area (Å²) >= 11 is 3.32. The lowest BCUT2D eigenvalue weighted by Gasteiger charge is -2.02. The van der Waals surface area contributed by atoms with Crippen LogP contribution in [0.5, 0.6) is 5.88 Å². The van der Waals surface area contributed by atoms with E-state index in [1.165, 1.54) is 0 Å². The lowest BCUT2D eigenvalue weighted by molar-refractivity contribution is 0.397. The van der Waals surface area contributed by atoms with Crippen molar-refractivity contribution in [3.05, 3.63) is 30.5 Å². The minimum atomic E-state index is 0.620. The topological polar surface area (TPSA) is 22.1 Å². The Morgan fingerprint density at radius 3 is 3.00 bits per heavy atom. The molecule has 12 heavy (non-hydrogen) atoms. The van der Waals surface area contributed by atoms with Gasteiger partial charge in [-0.2, -0.15) is 0 Å². The molecule has 0 aromatic carbocycles. The molecule has 0 aliphatic carbocycles. The number of methoxy groups -OCH3 is 1. The second kappa shape index (κ2) is 4.26. The molecule has 64 valence electrons. The van der Waals surface area contributed by atoms with Crippen molar-refractivity contribution in [1.29, 1.82) is 0 Å². The van der Waals surface area contributed by atoms with E-state index in [9.17, 15) is 0 Å². The highest BCUT2D eigenvalue weighted by molar-refractivity contribution is 9.09. The van der Waals surface area contributed by atoms with Crippen molar-refractivity contribution < 1.29 is 4.74 Å². The molecule has 1 aromatic heterocycles. The largest absolute Gasteiger partial charge is 0.481 e. The fourth-order valence-electron chi connectivity index (χ4n) is 0.794. The van der Waals surface area contributed by atoms with Crippen LogP contribution in [-0.4, -0.2) is 17.4 Å². The van der Waals surface area contributed by atoms with E-state index in [-0.39, 0.29) is 0 Å². The monoisotopic (exact) mass is 227 g/mol. The van der Waals surface area contributed by atoms with Crippen LogP contribution in [0.1, 0.15) is 5.69 Å². The van der Waals surface area contributed by atoms with E-state index < -0.39 is 0 Å². The van der Waals surface area contributed by atoms with Crippen molar-refractivity contribution in [3.63, 3.8) is 0 Å². The Balaban J connectivity index is 2.93. The maximum Gasteiger partial charge on any atom is 0.213 e. The van der Waals surface area contributed by atoms with Gasteiger partial charge in [0.2, 0.25) is 5.88 Å². The average molecular weight is 228 g/mol. The van der Waals surface area contributed by atoms with E-state index >= 15 is 0 Å². The first-order chi connectivity index (χ1) is 5.77. The summed E-state index contributed by atoms with van der Waals surface area (Å²) in [4.78, 5) is 4.21. The molecule has 0 aliphatic rings. The van der Waals surface area contributed by atoms with Crippen LogP contribution in [-0.2, 0) is 0 Å². The van der Waals surface area contributed by atoms with Gasteiger partial charge in [-0.05, 0) is 11.6 Å². The fraction of sp³-hybridized carbons (Fsp3) is 0.222. The molecule has 0 fully saturated rings. The minimum absolute atomic E-state index is 0.620. The molecule has 0 unspecified atom stereocenters. The van der Waals surface area contributed by atoms with Gasteiger partial charge in [-0.3, -0.25) is 0 Å². The first kappa shape index (κ1) is 9.26. The first-order valence-electron chi connectivity index (χ1n) is 3.53. The van der Waals surface area contributed by atoms with E-state index in [0.717, 1.165) is 16.6 Å². The molecule has 2 nitrogen and oxygen atoms in total. The number of halogens is 1. The standard InChI is InChI=1S/C9H10BrNO/c1-7(6-10)8-4-3-5-9(11-8)12-2/h3-5H,1,6H2,2H3. The van der Waals surface area contributed by atoms with Crippen molar-refractivity contribution in [1.82, 2.24) is 4.98 Å². The SMILES string of the molecule is C=C(CBr)c1cccc(OC)n1. The number of hydrogen-bond acceptors (Lipinski definition) is 2. The molecular formula is C9H10BrNO. The molecular weight excluding hydrogens is 218 g/mol. The van der Waals surface area contributed by atoms with Crippen LogP contribution in [0, 0.1) is 0 Å². The van der Waals surface area contributed by atoms with Crippen LogP contribution in [0.4, 0.5) is 0 Å². The third-order valence-corrected chi connectivity index (χ3v) is 2.13. The van der Waals surface area contributed by atoms with Crippen molar-refractivity contribution >= 4 is 21.5 Å². The molecule has 0 bridgehead atoms. The summed E-state index contributed by atoms with van der Waals surface area (Å²) in [5.41, 5.74) is 1.82. The predicted octanol–water partition coefficient (Wildman–Crippen LogP) is 2.50. The van der Waals surface area contributed by atoms with Gasteiger partial charge < -0.3 is 4.74 Å². The molecule has 0 N–H and O–H groups in total. The van der Waals surface area contributed by atoms with E-state index in [1.807, 2.05) is 18.2 Å². The van der Waals surface area contributed by atoms with Crippen molar-refractivity contribution in [3.8, 4) is 5.88 Å². The zero-order chi connectivity index (χ0) is 8.97. The lowest BCUT2D eigenvalue weighted by atomic mass is 10.2. The molecule has 0 saturated carbocycles. The lowest BCUT2D eigenvalue weighted by Crippen LogP contribution is -1.92. The molecule has 0 aliphatic heterocycles. The predicted molar refractivity (Wildman–Crippen MR) is 53.6 cm³/mol. The van der Waals surface area contributed by atoms with Gasteiger partial charge in [0.1, 0.15) is 0 Å². The Morgan fingerprint density at radius 2 is 2.42 bits per heavy atom. The van der Waals surface area contributed by atoms with Crippen LogP contribution in [0.2, 0.25) is 0 Å². The van der Waals surface area contributed by atoms with Gasteiger partial charge in [0, 0.05) is 11.4 Å². The summed E-state index contributed by atoms with van der Waals surface area (Å²) in [5.74, 6) is 0.620. The van der Waals surface area contributed by atoms with Gasteiger partial charge >= 0.3 is 0 Å².